The number of aromatic nitrogens is 4. The predicted octanol–water partition coefficient (Wildman–Crippen LogP) is 3.93. The second kappa shape index (κ2) is 5.44. The molecule has 1 aromatic carbocycles. The van der Waals surface area contributed by atoms with E-state index >= 15 is 0 Å². The highest BCUT2D eigenvalue weighted by Gasteiger charge is 2.20. The van der Waals surface area contributed by atoms with Gasteiger partial charge in [-0.25, -0.2) is 4.98 Å². The second-order valence-electron chi connectivity index (χ2n) is 6.98. The van der Waals surface area contributed by atoms with E-state index in [1.807, 2.05) is 48.5 Å². The van der Waals surface area contributed by atoms with Crippen LogP contribution in [0, 0.1) is 0 Å². The standard InChI is InChI=1S/C19H19N5O/c1-19(2,3)15-10-9-14(25-15)13-11-16-21-17(12-7-5-4-6-8-12)22-18(20)24(16)23-13/h4-11H,1-3H3,(H2,20,21,22). The highest BCUT2D eigenvalue weighted by atomic mass is 16.3. The number of benzene rings is 1. The Balaban J connectivity index is 1.80. The van der Waals surface area contributed by atoms with Gasteiger partial charge in [0.1, 0.15) is 11.5 Å². The van der Waals surface area contributed by atoms with Crippen molar-refractivity contribution in [1.82, 2.24) is 19.6 Å². The fourth-order valence-corrected chi connectivity index (χ4v) is 2.62. The zero-order chi connectivity index (χ0) is 17.6. The molecule has 0 aliphatic rings. The Kier molecular flexibility index (Phi) is 3.35. The summed E-state index contributed by atoms with van der Waals surface area (Å²) in [5.74, 6) is 2.46. The summed E-state index contributed by atoms with van der Waals surface area (Å²) in [4.78, 5) is 8.94. The number of nitrogen functional groups attached to an aromatic ring is 1. The summed E-state index contributed by atoms with van der Waals surface area (Å²) in [6.45, 7) is 6.32. The van der Waals surface area contributed by atoms with E-state index in [-0.39, 0.29) is 11.4 Å². The van der Waals surface area contributed by atoms with E-state index in [9.17, 15) is 0 Å². The van der Waals surface area contributed by atoms with E-state index in [0.717, 1.165) is 11.3 Å². The average Bonchev–Trinajstić information content (AvgIpc) is 3.22. The largest absolute Gasteiger partial charge is 0.459 e. The van der Waals surface area contributed by atoms with Gasteiger partial charge in [0.25, 0.3) is 0 Å². The maximum absolute atomic E-state index is 6.08. The third-order valence-corrected chi connectivity index (χ3v) is 3.98. The fourth-order valence-electron chi connectivity index (χ4n) is 2.62. The quantitative estimate of drug-likeness (QED) is 0.601. The van der Waals surface area contributed by atoms with Crippen molar-refractivity contribution in [2.24, 2.45) is 0 Å². The fraction of sp³-hybridized carbons (Fsp3) is 0.211. The maximum atomic E-state index is 6.08. The summed E-state index contributed by atoms with van der Waals surface area (Å²) in [7, 11) is 0. The number of furan rings is 1. The first-order chi connectivity index (χ1) is 11.9. The van der Waals surface area contributed by atoms with Gasteiger partial charge in [-0.3, -0.25) is 0 Å². The van der Waals surface area contributed by atoms with Crippen LogP contribution in [0.1, 0.15) is 26.5 Å². The molecule has 0 saturated carbocycles. The van der Waals surface area contributed by atoms with Gasteiger partial charge in [0.15, 0.2) is 17.2 Å². The molecule has 126 valence electrons. The predicted molar refractivity (Wildman–Crippen MR) is 97.0 cm³/mol. The highest BCUT2D eigenvalue weighted by molar-refractivity contribution is 5.64. The topological polar surface area (TPSA) is 82.2 Å². The molecule has 25 heavy (non-hydrogen) atoms. The first-order valence-corrected chi connectivity index (χ1v) is 8.11. The van der Waals surface area contributed by atoms with E-state index in [0.29, 0.717) is 22.9 Å². The van der Waals surface area contributed by atoms with Crippen molar-refractivity contribution in [1.29, 1.82) is 0 Å². The maximum Gasteiger partial charge on any atom is 0.225 e. The van der Waals surface area contributed by atoms with Gasteiger partial charge in [0.2, 0.25) is 5.95 Å². The lowest BCUT2D eigenvalue weighted by Gasteiger charge is -2.13. The molecule has 0 fully saturated rings. The third-order valence-electron chi connectivity index (χ3n) is 3.98. The second-order valence-corrected chi connectivity index (χ2v) is 6.98. The zero-order valence-corrected chi connectivity index (χ0v) is 14.4. The summed E-state index contributed by atoms with van der Waals surface area (Å²) in [5.41, 5.74) is 8.25. The van der Waals surface area contributed by atoms with Crippen LogP contribution in [0.5, 0.6) is 0 Å². The van der Waals surface area contributed by atoms with Crippen molar-refractivity contribution in [3.05, 3.63) is 54.3 Å². The monoisotopic (exact) mass is 333 g/mol. The van der Waals surface area contributed by atoms with Gasteiger partial charge in [-0.2, -0.15) is 14.6 Å². The van der Waals surface area contributed by atoms with Crippen LogP contribution in [0.15, 0.2) is 52.9 Å². The van der Waals surface area contributed by atoms with E-state index in [2.05, 4.69) is 35.8 Å². The molecule has 0 unspecified atom stereocenters. The Morgan fingerprint density at radius 2 is 1.76 bits per heavy atom. The Labute approximate surface area is 145 Å². The third kappa shape index (κ3) is 2.76. The molecule has 0 spiro atoms. The van der Waals surface area contributed by atoms with E-state index < -0.39 is 0 Å². The molecule has 0 amide bonds. The molecule has 6 nitrogen and oxygen atoms in total. The van der Waals surface area contributed by atoms with Gasteiger partial charge in [-0.15, -0.1) is 0 Å². The number of hydrogen-bond donors (Lipinski definition) is 1. The van der Waals surface area contributed by atoms with Gasteiger partial charge in [-0.05, 0) is 12.1 Å². The number of anilines is 1. The van der Waals surface area contributed by atoms with Crippen molar-refractivity contribution in [2.75, 3.05) is 5.73 Å². The van der Waals surface area contributed by atoms with Gasteiger partial charge in [0, 0.05) is 17.0 Å². The molecule has 3 heterocycles. The van der Waals surface area contributed by atoms with Crippen LogP contribution in [0.3, 0.4) is 0 Å². The van der Waals surface area contributed by atoms with Gasteiger partial charge < -0.3 is 10.2 Å². The molecule has 0 atom stereocenters. The molecule has 0 bridgehead atoms. The minimum absolute atomic E-state index is 0.0588. The van der Waals surface area contributed by atoms with E-state index in [1.165, 1.54) is 4.52 Å². The van der Waals surface area contributed by atoms with Crippen molar-refractivity contribution in [3.8, 4) is 22.8 Å². The molecule has 0 radical (unpaired) electrons. The van der Waals surface area contributed by atoms with Crippen LogP contribution in [-0.2, 0) is 5.41 Å². The average molecular weight is 333 g/mol. The smallest absolute Gasteiger partial charge is 0.225 e. The summed E-state index contributed by atoms with van der Waals surface area (Å²) < 4.78 is 7.48. The number of hydrogen-bond acceptors (Lipinski definition) is 5. The number of fused-ring (bicyclic) bond motifs is 1. The van der Waals surface area contributed by atoms with Gasteiger partial charge in [-0.1, -0.05) is 51.1 Å². The van der Waals surface area contributed by atoms with Crippen LogP contribution in [-0.4, -0.2) is 19.6 Å². The summed E-state index contributed by atoms with van der Waals surface area (Å²) in [6.07, 6.45) is 0. The van der Waals surface area contributed by atoms with Crippen molar-refractivity contribution in [2.45, 2.75) is 26.2 Å². The lowest BCUT2D eigenvalue weighted by atomic mass is 9.94. The minimum atomic E-state index is -0.0588. The summed E-state index contributed by atoms with van der Waals surface area (Å²) in [6, 6.07) is 15.5. The molecule has 6 heteroatoms. The lowest BCUT2D eigenvalue weighted by molar-refractivity contribution is 0.416. The molecular formula is C19H19N5O. The number of nitrogens with two attached hydrogens (primary N) is 1. The Morgan fingerprint density at radius 3 is 2.44 bits per heavy atom. The summed E-state index contributed by atoms with van der Waals surface area (Å²) in [5, 5.41) is 4.49. The molecular weight excluding hydrogens is 314 g/mol. The first kappa shape index (κ1) is 15.4. The lowest BCUT2D eigenvalue weighted by Crippen LogP contribution is -2.08. The van der Waals surface area contributed by atoms with Crippen LogP contribution in [0.4, 0.5) is 5.95 Å². The van der Waals surface area contributed by atoms with Crippen LogP contribution in [0.25, 0.3) is 28.5 Å². The van der Waals surface area contributed by atoms with Crippen LogP contribution in [0.2, 0.25) is 0 Å². The minimum Gasteiger partial charge on any atom is -0.459 e. The van der Waals surface area contributed by atoms with Crippen LogP contribution < -0.4 is 5.73 Å². The molecule has 2 N–H and O–H groups in total. The zero-order valence-electron chi connectivity index (χ0n) is 14.4. The first-order valence-electron chi connectivity index (χ1n) is 8.11. The molecule has 3 aromatic heterocycles. The molecule has 0 aliphatic carbocycles. The van der Waals surface area contributed by atoms with Gasteiger partial charge in [0.05, 0.1) is 0 Å². The SMILES string of the molecule is CC(C)(C)c1ccc(-c2cc3nc(-c4ccccc4)nc(N)n3n2)o1. The molecule has 0 saturated heterocycles. The van der Waals surface area contributed by atoms with Crippen molar-refractivity contribution < 1.29 is 4.42 Å². The number of rotatable bonds is 2. The van der Waals surface area contributed by atoms with Gasteiger partial charge >= 0.3 is 0 Å². The van der Waals surface area contributed by atoms with Crippen molar-refractivity contribution >= 4 is 11.6 Å². The summed E-state index contributed by atoms with van der Waals surface area (Å²) >= 11 is 0. The van der Waals surface area contributed by atoms with Crippen LogP contribution >= 0.6 is 0 Å². The van der Waals surface area contributed by atoms with E-state index in [4.69, 9.17) is 10.2 Å². The van der Waals surface area contributed by atoms with Crippen molar-refractivity contribution in [3.63, 3.8) is 0 Å². The Morgan fingerprint density at radius 1 is 1.00 bits per heavy atom. The highest BCUT2D eigenvalue weighted by Crippen LogP contribution is 2.29. The van der Waals surface area contributed by atoms with E-state index in [1.54, 1.807) is 0 Å². The number of nitrogens with zero attached hydrogens (tertiary/aromatic N) is 4. The Hall–Kier alpha value is -3.15. The Bertz CT molecular complexity index is 1040. The molecule has 0 aliphatic heterocycles. The normalized spacial score (nSPS) is 12.0. The molecule has 4 rings (SSSR count). The molecule has 4 aromatic rings.